The molecule has 18 N–H and O–H groups in total. The SMILES string of the molecule is C/C=C1\NC(=O)[C@H]([C@H](C)O)NC(=O)[C@H](CCNC(=O)OCc2ccccc2)NC(=O)[C@H](CCCCNC(=O)OCc2ccccc2)NC(=O)[C@H](CC(=O)O)NC(=O)[C@@H](CCNC(=O)OCc2ccccc2)NC(=O)[C@@H](NC(=O)CC(O)c2cccc(CCCCCCCCCCCC)c2)COC(=O)[C@H]([C@H](O)CCl)NC(=O)[C@H]([C@H](O)C(=O)O)NC1=O. The number of benzene rings is 4. The van der Waals surface area contributed by atoms with Crippen LogP contribution in [0.15, 0.2) is 127 Å². The molecule has 1 aliphatic heterocycles. The standard InChI is InChI=1S/C82H111ClN12O25/c1-4-6-7-8-9-10-11-12-13-17-27-51-34-26-35-55(42-51)62(97)44-64(99)87-61-49-117-79(113)67(63(98)45-83)94-77(110)68(69(102)78(111)112)95-70(103)56(5-2)88-76(109)66(50(3)96)93-73(106)59(38-41-86-82(116)120-48-54-32-22-16-23-33-54)90-71(104)57(36-24-25-39-84-80(114)118-46-52-28-18-14-19-29-52)89-74(107)60(43-65(100)101)92-72(105)58(91-75(61)108)37-40-85-81(115)119-47-53-30-20-15-21-31-53/h5,14-16,18-23,26,28-35,42,50,57-63,66-69,96-98,102H,4,6-13,17,24-25,27,36-41,43-49H2,1-3H3,(H,84,114)(H,85,115)(H,86,116)(H,87,99)(H,88,109)(H,89,107)(H,90,104)(H,91,108)(H,92,105)(H,93,106)(H,94,110)(H,95,103)(H,100,101)(H,111,112)/b56-5-/t50-,57-,58+,59-,60-,61-,62?,63+,66-,67-,68-,69-/m0/s1. The van der Waals surface area contributed by atoms with Gasteiger partial charge >= 0.3 is 36.2 Å². The monoisotopic (exact) mass is 1700 g/mol. The smallest absolute Gasteiger partial charge is 0.407 e. The first kappa shape index (κ1) is 98.8. The molecule has 0 bridgehead atoms. The highest BCUT2D eigenvalue weighted by molar-refractivity contribution is 6.18. The highest BCUT2D eigenvalue weighted by atomic mass is 35.5. The first-order valence-corrected chi connectivity index (χ1v) is 40.3. The van der Waals surface area contributed by atoms with Crippen molar-refractivity contribution in [3.63, 3.8) is 0 Å². The molecule has 1 fully saturated rings. The number of rotatable bonds is 39. The van der Waals surface area contributed by atoms with Gasteiger partial charge in [-0.2, -0.15) is 0 Å². The molecule has 0 radical (unpaired) electrons. The summed E-state index contributed by atoms with van der Waals surface area (Å²) in [5.74, 6) is -19.4. The van der Waals surface area contributed by atoms with Crippen molar-refractivity contribution in [2.75, 3.05) is 32.1 Å². The van der Waals surface area contributed by atoms with E-state index in [0.717, 1.165) is 64.0 Å². The van der Waals surface area contributed by atoms with Gasteiger partial charge < -0.3 is 113 Å². The number of aliphatic hydroxyl groups is 4. The zero-order chi connectivity index (χ0) is 87.9. The number of amides is 12. The topological polar surface area (TPSA) is 559 Å². The average molecular weight is 1700 g/mol. The predicted octanol–water partition coefficient (Wildman–Crippen LogP) is 2.66. The highest BCUT2D eigenvalue weighted by Crippen LogP contribution is 2.21. The Morgan fingerprint density at radius 3 is 1.46 bits per heavy atom. The van der Waals surface area contributed by atoms with Crippen LogP contribution in [-0.4, -0.2) is 219 Å². The molecule has 656 valence electrons. The second-order valence-electron chi connectivity index (χ2n) is 28.4. The molecule has 12 atom stereocenters. The number of alkyl halides is 1. The Kier molecular flexibility index (Phi) is 44.7. The van der Waals surface area contributed by atoms with Crippen molar-refractivity contribution in [2.24, 2.45) is 0 Å². The number of esters is 1. The van der Waals surface area contributed by atoms with E-state index in [1.165, 1.54) is 25.7 Å². The van der Waals surface area contributed by atoms with E-state index >= 15 is 0 Å². The van der Waals surface area contributed by atoms with E-state index in [-0.39, 0.29) is 44.8 Å². The number of carboxylic acid groups (broad SMARTS) is 2. The summed E-state index contributed by atoms with van der Waals surface area (Å²) < 4.78 is 21.4. The molecule has 1 unspecified atom stereocenters. The second-order valence-corrected chi connectivity index (χ2v) is 28.7. The van der Waals surface area contributed by atoms with E-state index < -0.39 is 225 Å². The number of alkyl carbamates (subject to hydrolysis) is 3. The Morgan fingerprint density at radius 2 is 0.967 bits per heavy atom. The summed E-state index contributed by atoms with van der Waals surface area (Å²) >= 11 is 6.01. The number of aliphatic carboxylic acids is 2. The van der Waals surface area contributed by atoms with Crippen LogP contribution < -0.4 is 63.8 Å². The summed E-state index contributed by atoms with van der Waals surface area (Å²) in [6.07, 6.45) is -3.04. The van der Waals surface area contributed by atoms with Gasteiger partial charge in [0, 0.05) is 19.6 Å². The van der Waals surface area contributed by atoms with Gasteiger partial charge in [0.05, 0.1) is 37.0 Å². The number of halogens is 1. The van der Waals surface area contributed by atoms with Crippen LogP contribution in [0.3, 0.4) is 0 Å². The first-order chi connectivity index (χ1) is 57.5. The van der Waals surface area contributed by atoms with Crippen LogP contribution in [0, 0.1) is 0 Å². The van der Waals surface area contributed by atoms with E-state index in [0.29, 0.717) is 23.1 Å². The summed E-state index contributed by atoms with van der Waals surface area (Å²) in [6.45, 7) is 1.13. The third-order valence-electron chi connectivity index (χ3n) is 18.8. The fraction of sp³-hybridized carbons (Fsp3) is 0.500. The lowest BCUT2D eigenvalue weighted by Gasteiger charge is -2.29. The summed E-state index contributed by atoms with van der Waals surface area (Å²) in [7, 11) is 0. The van der Waals surface area contributed by atoms with Crippen LogP contribution >= 0.6 is 11.6 Å². The first-order valence-electron chi connectivity index (χ1n) is 39.7. The number of hydrogen-bond acceptors (Lipinski definition) is 23. The number of allylic oxidation sites excluding steroid dienone is 1. The molecule has 120 heavy (non-hydrogen) atoms. The molecular formula is C82H111ClN12O25. The molecule has 0 spiro atoms. The number of carbonyl (C=O) groups is 15. The zero-order valence-corrected chi connectivity index (χ0v) is 67.9. The number of aliphatic hydroxyl groups excluding tert-OH is 4. The number of hydrogen-bond donors (Lipinski definition) is 18. The summed E-state index contributed by atoms with van der Waals surface area (Å²) in [5.41, 5.74) is 2.02. The molecule has 0 aliphatic carbocycles. The second kappa shape index (κ2) is 54.3. The number of carboxylic acids is 2. The van der Waals surface area contributed by atoms with E-state index in [1.807, 2.05) is 16.7 Å². The minimum absolute atomic E-state index is 0.0272. The van der Waals surface area contributed by atoms with Gasteiger partial charge in [-0.3, -0.25) is 47.9 Å². The number of carbonyl (C=O) groups excluding carboxylic acids is 13. The van der Waals surface area contributed by atoms with Crippen LogP contribution in [0.1, 0.15) is 164 Å². The van der Waals surface area contributed by atoms with Gasteiger partial charge in [0.1, 0.15) is 74.4 Å². The fourth-order valence-electron chi connectivity index (χ4n) is 12.1. The minimum atomic E-state index is -2.93. The minimum Gasteiger partial charge on any atom is -0.481 e. The molecule has 1 heterocycles. The van der Waals surface area contributed by atoms with Crippen molar-refractivity contribution in [2.45, 2.75) is 229 Å². The van der Waals surface area contributed by atoms with Crippen LogP contribution in [0.5, 0.6) is 0 Å². The van der Waals surface area contributed by atoms with Crippen molar-refractivity contribution < 1.29 is 122 Å². The van der Waals surface area contributed by atoms with Gasteiger partial charge in [0.25, 0.3) is 5.91 Å². The Morgan fingerprint density at radius 1 is 0.508 bits per heavy atom. The summed E-state index contributed by atoms with van der Waals surface area (Å²) in [5, 5.41) is 92.5. The van der Waals surface area contributed by atoms with E-state index in [1.54, 1.807) is 109 Å². The van der Waals surface area contributed by atoms with E-state index in [4.69, 9.17) is 30.5 Å². The van der Waals surface area contributed by atoms with Gasteiger partial charge in [-0.25, -0.2) is 24.0 Å². The molecular weight excluding hydrogens is 1590 g/mol. The maximum absolute atomic E-state index is 15.0. The lowest BCUT2D eigenvalue weighted by molar-refractivity contribution is -0.155. The highest BCUT2D eigenvalue weighted by Gasteiger charge is 2.41. The van der Waals surface area contributed by atoms with Crippen molar-refractivity contribution in [1.29, 1.82) is 0 Å². The summed E-state index contributed by atoms with van der Waals surface area (Å²) in [4.78, 5) is 210. The largest absolute Gasteiger partial charge is 0.481 e. The Hall–Kier alpha value is -11.8. The van der Waals surface area contributed by atoms with Crippen LogP contribution in [0.2, 0.25) is 0 Å². The van der Waals surface area contributed by atoms with Crippen LogP contribution in [0.25, 0.3) is 0 Å². The molecule has 38 heteroatoms. The fourth-order valence-corrected chi connectivity index (χ4v) is 12.3. The molecule has 5 rings (SSSR count). The Balaban J connectivity index is 1.61. The van der Waals surface area contributed by atoms with Crippen molar-refractivity contribution in [3.8, 4) is 0 Å². The van der Waals surface area contributed by atoms with Gasteiger partial charge in [-0.05, 0) is 86.6 Å². The van der Waals surface area contributed by atoms with Crippen LogP contribution in [0.4, 0.5) is 14.4 Å². The molecule has 4 aromatic carbocycles. The molecule has 37 nitrogen and oxygen atoms in total. The average Bonchev–Trinajstić information content (AvgIpc) is 0.837. The van der Waals surface area contributed by atoms with Gasteiger partial charge in [0.2, 0.25) is 47.3 Å². The molecule has 12 amide bonds. The van der Waals surface area contributed by atoms with E-state index in [9.17, 15) is 103 Å². The van der Waals surface area contributed by atoms with Gasteiger partial charge in [-0.15, -0.1) is 11.6 Å². The maximum Gasteiger partial charge on any atom is 0.407 e. The number of ether oxygens (including phenoxy) is 4. The number of cyclic esters (lactones) is 1. The van der Waals surface area contributed by atoms with Gasteiger partial charge in [0.15, 0.2) is 12.1 Å². The summed E-state index contributed by atoms with van der Waals surface area (Å²) in [6, 6.07) is 14.6. The molecule has 4 aromatic rings. The molecule has 0 aromatic heterocycles. The van der Waals surface area contributed by atoms with Gasteiger partial charge in [-0.1, -0.05) is 186 Å². The van der Waals surface area contributed by atoms with Crippen LogP contribution in [-0.2, 0) is 103 Å². The number of unbranched alkanes of at least 4 members (excludes halogenated alkanes) is 10. The van der Waals surface area contributed by atoms with Crippen molar-refractivity contribution in [1.82, 2.24) is 63.8 Å². The lowest BCUT2D eigenvalue weighted by atomic mass is 9.99. The zero-order valence-electron chi connectivity index (χ0n) is 67.2. The normalized spacial score (nSPS) is 20.2. The van der Waals surface area contributed by atoms with E-state index in [2.05, 4.69) is 60.1 Å². The van der Waals surface area contributed by atoms with Crippen molar-refractivity contribution in [3.05, 3.63) is 155 Å². The lowest BCUT2D eigenvalue weighted by Crippen LogP contribution is -2.62. The molecule has 0 saturated carbocycles. The number of aryl methyl sites for hydroxylation is 1. The Bertz CT molecular complexity index is 4040. The maximum atomic E-state index is 15.0. The molecule has 1 saturated heterocycles. The molecule has 1 aliphatic rings. The van der Waals surface area contributed by atoms with Crippen molar-refractivity contribution >= 4 is 101 Å². The number of nitrogens with one attached hydrogen (secondary N) is 12. The predicted molar refractivity (Wildman–Crippen MR) is 431 cm³/mol. The Labute approximate surface area is 699 Å². The third kappa shape index (κ3) is 37.0. The quantitative estimate of drug-likeness (QED) is 0.0100. The third-order valence-corrected chi connectivity index (χ3v) is 19.1.